The number of hydrogen-bond acceptors (Lipinski definition) is 4. The second kappa shape index (κ2) is 5.44. The number of carbonyl (C=O) groups excluding carboxylic acids is 3. The third-order valence-corrected chi connectivity index (χ3v) is 3.51. The fourth-order valence-corrected chi connectivity index (χ4v) is 2.33. The molecule has 0 saturated carbocycles. The van der Waals surface area contributed by atoms with Crippen LogP contribution in [0.5, 0.6) is 0 Å². The van der Waals surface area contributed by atoms with Crippen LogP contribution in [0.3, 0.4) is 0 Å². The zero-order valence-corrected chi connectivity index (χ0v) is 11.9. The summed E-state index contributed by atoms with van der Waals surface area (Å²) < 4.78 is 1.67. The minimum Gasteiger partial charge on any atom is -0.320 e. The van der Waals surface area contributed by atoms with E-state index in [9.17, 15) is 14.4 Å². The van der Waals surface area contributed by atoms with E-state index in [0.717, 1.165) is 4.90 Å². The van der Waals surface area contributed by atoms with E-state index in [0.29, 0.717) is 17.1 Å². The Kier molecular flexibility index (Phi) is 3.46. The molecular weight excluding hydrogens is 284 g/mol. The molecule has 0 aliphatic carbocycles. The molecule has 0 spiro atoms. The van der Waals surface area contributed by atoms with Crippen LogP contribution in [0.25, 0.3) is 0 Å². The van der Waals surface area contributed by atoms with Gasteiger partial charge < -0.3 is 4.57 Å². The van der Waals surface area contributed by atoms with E-state index in [-0.39, 0.29) is 30.7 Å². The highest BCUT2D eigenvalue weighted by Crippen LogP contribution is 2.22. The van der Waals surface area contributed by atoms with Gasteiger partial charge in [0.2, 0.25) is 11.9 Å². The van der Waals surface area contributed by atoms with Gasteiger partial charge in [0.05, 0.1) is 11.1 Å². The van der Waals surface area contributed by atoms with Gasteiger partial charge in [-0.1, -0.05) is 12.1 Å². The number of nitrogens with zero attached hydrogens (tertiary/aromatic N) is 3. The summed E-state index contributed by atoms with van der Waals surface area (Å²) in [7, 11) is 1.76. The Hall–Kier alpha value is -2.96. The Labute approximate surface area is 126 Å². The van der Waals surface area contributed by atoms with Crippen molar-refractivity contribution in [2.24, 2.45) is 7.05 Å². The fourth-order valence-electron chi connectivity index (χ4n) is 2.33. The van der Waals surface area contributed by atoms with Gasteiger partial charge in [0, 0.05) is 32.4 Å². The molecule has 0 fully saturated rings. The van der Waals surface area contributed by atoms with Crippen LogP contribution in [0.1, 0.15) is 27.1 Å². The number of nitrogens with one attached hydrogen (secondary N) is 1. The maximum atomic E-state index is 12.1. The smallest absolute Gasteiger partial charge is 0.261 e. The molecule has 0 saturated heterocycles. The molecule has 112 valence electrons. The normalized spacial score (nSPS) is 13.4. The summed E-state index contributed by atoms with van der Waals surface area (Å²) in [6.07, 6.45) is 3.30. The monoisotopic (exact) mass is 298 g/mol. The maximum Gasteiger partial charge on any atom is 0.261 e. The molecule has 1 aliphatic rings. The number of aryl methyl sites for hydroxylation is 1. The number of imide groups is 1. The summed E-state index contributed by atoms with van der Waals surface area (Å²) in [5.74, 6) is -0.589. The quantitative estimate of drug-likeness (QED) is 0.855. The molecule has 3 rings (SSSR count). The number of imidazole rings is 1. The average molecular weight is 298 g/mol. The van der Waals surface area contributed by atoms with Crippen LogP contribution in [0, 0.1) is 0 Å². The molecule has 0 radical (unpaired) electrons. The number of anilines is 1. The molecule has 0 bridgehead atoms. The van der Waals surface area contributed by atoms with Gasteiger partial charge in [-0.25, -0.2) is 4.98 Å². The van der Waals surface area contributed by atoms with Gasteiger partial charge in [-0.3, -0.25) is 24.6 Å². The molecule has 1 aliphatic heterocycles. The summed E-state index contributed by atoms with van der Waals surface area (Å²) in [6.45, 7) is 0.0442. The third-order valence-electron chi connectivity index (χ3n) is 3.51. The Morgan fingerprint density at radius 2 is 1.82 bits per heavy atom. The molecule has 1 aromatic carbocycles. The lowest BCUT2D eigenvalue weighted by Crippen LogP contribution is -2.33. The van der Waals surface area contributed by atoms with Crippen molar-refractivity contribution in [1.29, 1.82) is 0 Å². The zero-order valence-electron chi connectivity index (χ0n) is 11.9. The van der Waals surface area contributed by atoms with Crippen LogP contribution in [0.15, 0.2) is 36.7 Å². The van der Waals surface area contributed by atoms with Gasteiger partial charge in [0.1, 0.15) is 0 Å². The molecular formula is C15H14N4O3. The van der Waals surface area contributed by atoms with Crippen LogP contribution in [-0.2, 0) is 11.8 Å². The first-order valence-electron chi connectivity index (χ1n) is 6.80. The van der Waals surface area contributed by atoms with Crippen molar-refractivity contribution < 1.29 is 14.4 Å². The predicted octanol–water partition coefficient (Wildman–Crippen LogP) is 1.04. The van der Waals surface area contributed by atoms with Gasteiger partial charge in [0.25, 0.3) is 11.8 Å². The van der Waals surface area contributed by atoms with Crippen molar-refractivity contribution in [3.8, 4) is 0 Å². The summed E-state index contributed by atoms with van der Waals surface area (Å²) in [5, 5.41) is 2.63. The van der Waals surface area contributed by atoms with Crippen molar-refractivity contribution >= 4 is 23.7 Å². The van der Waals surface area contributed by atoms with Gasteiger partial charge in [-0.2, -0.15) is 0 Å². The summed E-state index contributed by atoms with van der Waals surface area (Å²) in [6, 6.07) is 6.65. The summed E-state index contributed by atoms with van der Waals surface area (Å²) in [5.41, 5.74) is 0.772. The number of amides is 3. The molecule has 2 heterocycles. The zero-order chi connectivity index (χ0) is 15.7. The lowest BCUT2D eigenvalue weighted by molar-refractivity contribution is -0.116. The molecule has 0 unspecified atom stereocenters. The fraction of sp³-hybridized carbons (Fsp3) is 0.200. The standard InChI is InChI=1S/C15H14N4O3/c1-18-9-7-16-15(18)17-12(20)6-8-19-13(21)10-4-2-3-5-11(10)14(19)22/h2-5,7,9H,6,8H2,1H3,(H,16,17,20). The Morgan fingerprint density at radius 1 is 1.18 bits per heavy atom. The minimum atomic E-state index is -0.356. The van der Waals surface area contributed by atoms with Crippen LogP contribution in [0.2, 0.25) is 0 Å². The number of aromatic nitrogens is 2. The van der Waals surface area contributed by atoms with Crippen LogP contribution >= 0.6 is 0 Å². The predicted molar refractivity (Wildman–Crippen MR) is 78.3 cm³/mol. The first-order valence-corrected chi connectivity index (χ1v) is 6.80. The van der Waals surface area contributed by atoms with E-state index < -0.39 is 0 Å². The molecule has 1 aromatic heterocycles. The van der Waals surface area contributed by atoms with E-state index in [4.69, 9.17) is 0 Å². The number of benzene rings is 1. The first-order chi connectivity index (χ1) is 10.6. The molecule has 22 heavy (non-hydrogen) atoms. The minimum absolute atomic E-state index is 0.0261. The van der Waals surface area contributed by atoms with Crippen LogP contribution in [-0.4, -0.2) is 38.7 Å². The number of rotatable bonds is 4. The van der Waals surface area contributed by atoms with Gasteiger partial charge in [-0.05, 0) is 12.1 Å². The van der Waals surface area contributed by atoms with Crippen molar-refractivity contribution in [2.45, 2.75) is 6.42 Å². The van der Waals surface area contributed by atoms with Crippen LogP contribution < -0.4 is 5.32 Å². The molecule has 3 amide bonds. The second-order valence-electron chi connectivity index (χ2n) is 4.97. The topological polar surface area (TPSA) is 84.3 Å². The third kappa shape index (κ3) is 2.37. The summed E-state index contributed by atoms with van der Waals surface area (Å²) in [4.78, 5) is 41.3. The van der Waals surface area contributed by atoms with Crippen molar-refractivity contribution in [3.05, 3.63) is 47.8 Å². The molecule has 2 aromatic rings. The number of fused-ring (bicyclic) bond motifs is 1. The highest BCUT2D eigenvalue weighted by atomic mass is 16.2. The highest BCUT2D eigenvalue weighted by Gasteiger charge is 2.34. The Bertz CT molecular complexity index is 731. The highest BCUT2D eigenvalue weighted by molar-refractivity contribution is 6.21. The lowest BCUT2D eigenvalue weighted by atomic mass is 10.1. The summed E-state index contributed by atoms with van der Waals surface area (Å²) >= 11 is 0. The van der Waals surface area contributed by atoms with Gasteiger partial charge in [0.15, 0.2) is 0 Å². The largest absolute Gasteiger partial charge is 0.320 e. The van der Waals surface area contributed by atoms with Gasteiger partial charge >= 0.3 is 0 Å². The van der Waals surface area contributed by atoms with Crippen LogP contribution in [0.4, 0.5) is 5.95 Å². The van der Waals surface area contributed by atoms with Crippen molar-refractivity contribution in [3.63, 3.8) is 0 Å². The van der Waals surface area contributed by atoms with Crippen molar-refractivity contribution in [2.75, 3.05) is 11.9 Å². The van der Waals surface area contributed by atoms with Gasteiger partial charge in [-0.15, -0.1) is 0 Å². The van der Waals surface area contributed by atoms with E-state index in [1.807, 2.05) is 0 Å². The maximum absolute atomic E-state index is 12.1. The van der Waals surface area contributed by atoms with Crippen molar-refractivity contribution in [1.82, 2.24) is 14.5 Å². The SMILES string of the molecule is Cn1ccnc1NC(=O)CCN1C(=O)c2ccccc2C1=O. The number of hydrogen-bond donors (Lipinski definition) is 1. The molecule has 7 heteroatoms. The Balaban J connectivity index is 1.63. The average Bonchev–Trinajstić information content (AvgIpc) is 3.01. The molecule has 7 nitrogen and oxygen atoms in total. The lowest BCUT2D eigenvalue weighted by Gasteiger charge is -2.13. The second-order valence-corrected chi connectivity index (χ2v) is 4.97. The first kappa shape index (κ1) is 14.0. The van der Waals surface area contributed by atoms with E-state index >= 15 is 0 Å². The molecule has 0 atom stereocenters. The van der Waals surface area contributed by atoms with E-state index in [1.165, 1.54) is 0 Å². The number of carbonyl (C=O) groups is 3. The van der Waals surface area contributed by atoms with E-state index in [2.05, 4.69) is 10.3 Å². The van der Waals surface area contributed by atoms with E-state index in [1.54, 1.807) is 48.3 Å². The molecule has 1 N–H and O–H groups in total. The Morgan fingerprint density at radius 3 is 2.36 bits per heavy atom.